The molecule has 35 heavy (non-hydrogen) atoms. The second-order valence-corrected chi connectivity index (χ2v) is 8.82. The topological polar surface area (TPSA) is 92.5 Å². The van der Waals surface area contributed by atoms with Gasteiger partial charge in [-0.25, -0.2) is 9.97 Å². The van der Waals surface area contributed by atoms with Gasteiger partial charge in [0.25, 0.3) is 0 Å². The molecule has 5 rings (SSSR count). The van der Waals surface area contributed by atoms with Crippen molar-refractivity contribution < 1.29 is 14.2 Å². The molecule has 0 aliphatic carbocycles. The molecule has 0 radical (unpaired) electrons. The number of nitrogens with one attached hydrogen (secondary N) is 1. The Bertz CT molecular complexity index is 1220. The zero-order valence-corrected chi connectivity index (χ0v) is 20.0. The standard InChI is InChI=1S/C26H26ClN5O3/c27-22-16-20(2-3-24(22)32-9-13-34-14-10-32)30-26-29-8-5-23(31-26)18-1-4-25(19(15-18)17-28)35-21-6-11-33-12-7-21/h1-5,8,15-16,21H,6-7,9-14H2,(H,29,30,31). The maximum absolute atomic E-state index is 9.69. The zero-order chi connectivity index (χ0) is 24.0. The van der Waals surface area contributed by atoms with Crippen LogP contribution < -0.4 is 15.0 Å². The first-order valence-corrected chi connectivity index (χ1v) is 12.1. The van der Waals surface area contributed by atoms with Gasteiger partial charge in [0, 0.05) is 43.4 Å². The van der Waals surface area contributed by atoms with Crippen molar-refractivity contribution in [2.45, 2.75) is 18.9 Å². The van der Waals surface area contributed by atoms with Crippen molar-refractivity contribution in [2.75, 3.05) is 49.7 Å². The van der Waals surface area contributed by atoms with Gasteiger partial charge >= 0.3 is 0 Å². The highest BCUT2D eigenvalue weighted by molar-refractivity contribution is 6.33. The number of nitrogens with zero attached hydrogens (tertiary/aromatic N) is 4. The number of hydrogen-bond acceptors (Lipinski definition) is 8. The molecule has 0 amide bonds. The molecule has 3 aromatic rings. The number of nitriles is 1. The number of halogens is 1. The number of hydrogen-bond donors (Lipinski definition) is 1. The second-order valence-electron chi connectivity index (χ2n) is 8.41. The summed E-state index contributed by atoms with van der Waals surface area (Å²) in [6, 6.07) is 15.4. The van der Waals surface area contributed by atoms with Gasteiger partial charge in [0.05, 0.1) is 48.4 Å². The summed E-state index contributed by atoms with van der Waals surface area (Å²) in [5, 5.41) is 13.6. The molecule has 2 fully saturated rings. The largest absolute Gasteiger partial charge is 0.489 e. The fourth-order valence-electron chi connectivity index (χ4n) is 4.21. The lowest BCUT2D eigenvalue weighted by Crippen LogP contribution is -2.36. The monoisotopic (exact) mass is 491 g/mol. The summed E-state index contributed by atoms with van der Waals surface area (Å²) in [5.74, 6) is 1.03. The van der Waals surface area contributed by atoms with Crippen molar-refractivity contribution >= 4 is 28.9 Å². The van der Waals surface area contributed by atoms with E-state index in [2.05, 4.69) is 26.3 Å². The summed E-state index contributed by atoms with van der Waals surface area (Å²) in [6.45, 7) is 4.41. The summed E-state index contributed by atoms with van der Waals surface area (Å²) in [7, 11) is 0. The molecule has 2 aliphatic heterocycles. The number of benzene rings is 2. The normalized spacial score (nSPS) is 16.5. The molecule has 2 aliphatic rings. The summed E-state index contributed by atoms with van der Waals surface area (Å²) >= 11 is 6.56. The summed E-state index contributed by atoms with van der Waals surface area (Å²) in [5.41, 5.74) is 3.77. The van der Waals surface area contributed by atoms with E-state index in [1.165, 1.54) is 0 Å². The van der Waals surface area contributed by atoms with Crippen molar-refractivity contribution in [3.8, 4) is 23.1 Å². The maximum atomic E-state index is 9.69. The van der Waals surface area contributed by atoms with Crippen LogP contribution in [-0.4, -0.2) is 55.6 Å². The van der Waals surface area contributed by atoms with E-state index in [1.54, 1.807) is 12.3 Å². The van der Waals surface area contributed by atoms with E-state index in [0.717, 1.165) is 42.9 Å². The highest BCUT2D eigenvalue weighted by atomic mass is 35.5. The molecule has 0 saturated carbocycles. The van der Waals surface area contributed by atoms with Crippen LogP contribution in [0.4, 0.5) is 17.3 Å². The van der Waals surface area contributed by atoms with Gasteiger partial charge in [-0.05, 0) is 42.5 Å². The first-order chi connectivity index (χ1) is 17.2. The minimum absolute atomic E-state index is 0.0676. The van der Waals surface area contributed by atoms with Crippen LogP contribution in [0.3, 0.4) is 0 Å². The third-order valence-corrected chi connectivity index (χ3v) is 6.37. The number of anilines is 3. The molecular formula is C26H26ClN5O3. The molecule has 2 aromatic carbocycles. The van der Waals surface area contributed by atoms with Gasteiger partial charge in [-0.3, -0.25) is 0 Å². The van der Waals surface area contributed by atoms with Crippen LogP contribution in [-0.2, 0) is 9.47 Å². The van der Waals surface area contributed by atoms with E-state index >= 15 is 0 Å². The first-order valence-electron chi connectivity index (χ1n) is 11.7. The number of morpholine rings is 1. The van der Waals surface area contributed by atoms with Crippen molar-refractivity contribution in [3.63, 3.8) is 0 Å². The van der Waals surface area contributed by atoms with Gasteiger partial charge in [-0.2, -0.15) is 5.26 Å². The zero-order valence-electron chi connectivity index (χ0n) is 19.2. The Hall–Kier alpha value is -3.38. The lowest BCUT2D eigenvalue weighted by molar-refractivity contribution is 0.0254. The molecular weight excluding hydrogens is 466 g/mol. The Morgan fingerprint density at radius 2 is 1.83 bits per heavy atom. The molecule has 0 unspecified atom stereocenters. The quantitative estimate of drug-likeness (QED) is 0.525. The van der Waals surface area contributed by atoms with Gasteiger partial charge in [-0.15, -0.1) is 0 Å². The van der Waals surface area contributed by atoms with Crippen LogP contribution in [0.1, 0.15) is 18.4 Å². The van der Waals surface area contributed by atoms with Crippen molar-refractivity contribution in [3.05, 3.63) is 59.2 Å². The highest BCUT2D eigenvalue weighted by Crippen LogP contribution is 2.31. The SMILES string of the molecule is N#Cc1cc(-c2ccnc(Nc3ccc(N4CCOCC4)c(Cl)c3)n2)ccc1OC1CCOCC1. The smallest absolute Gasteiger partial charge is 0.227 e. The van der Waals surface area contributed by atoms with E-state index in [1.807, 2.05) is 36.4 Å². The van der Waals surface area contributed by atoms with Crippen LogP contribution in [0.2, 0.25) is 5.02 Å². The first kappa shape index (κ1) is 23.4. The third kappa shape index (κ3) is 5.65. The van der Waals surface area contributed by atoms with Crippen molar-refractivity contribution in [1.82, 2.24) is 9.97 Å². The maximum Gasteiger partial charge on any atom is 0.227 e. The summed E-state index contributed by atoms with van der Waals surface area (Å²) < 4.78 is 16.9. The Kier molecular flexibility index (Phi) is 7.28. The van der Waals surface area contributed by atoms with Crippen molar-refractivity contribution in [2.24, 2.45) is 0 Å². The lowest BCUT2D eigenvalue weighted by Gasteiger charge is -2.29. The summed E-state index contributed by atoms with van der Waals surface area (Å²) in [4.78, 5) is 11.2. The van der Waals surface area contributed by atoms with E-state index in [-0.39, 0.29) is 6.10 Å². The molecule has 1 N–H and O–H groups in total. The molecule has 0 spiro atoms. The Morgan fingerprint density at radius 3 is 2.60 bits per heavy atom. The van der Waals surface area contributed by atoms with Gasteiger partial charge in [0.15, 0.2) is 0 Å². The number of rotatable bonds is 6. The van der Waals surface area contributed by atoms with Crippen molar-refractivity contribution in [1.29, 1.82) is 5.26 Å². The molecule has 3 heterocycles. The van der Waals surface area contributed by atoms with Crippen LogP contribution in [0.25, 0.3) is 11.3 Å². The van der Waals surface area contributed by atoms with E-state index in [9.17, 15) is 5.26 Å². The predicted octanol–water partition coefficient (Wildman–Crippen LogP) is 4.81. The molecule has 0 atom stereocenters. The van der Waals surface area contributed by atoms with Crippen LogP contribution in [0.5, 0.6) is 5.75 Å². The Morgan fingerprint density at radius 1 is 1.03 bits per heavy atom. The van der Waals surface area contributed by atoms with Gasteiger partial charge in [0.2, 0.25) is 5.95 Å². The number of ether oxygens (including phenoxy) is 3. The van der Waals surface area contributed by atoms with E-state index in [0.29, 0.717) is 54.4 Å². The minimum atomic E-state index is 0.0676. The van der Waals surface area contributed by atoms with Gasteiger partial charge < -0.3 is 24.4 Å². The highest BCUT2D eigenvalue weighted by Gasteiger charge is 2.18. The molecule has 9 heteroatoms. The fourth-order valence-corrected chi connectivity index (χ4v) is 4.51. The Balaban J connectivity index is 1.31. The molecule has 0 bridgehead atoms. The van der Waals surface area contributed by atoms with Crippen LogP contribution in [0, 0.1) is 11.3 Å². The predicted molar refractivity (Wildman–Crippen MR) is 134 cm³/mol. The number of aromatic nitrogens is 2. The average Bonchev–Trinajstić information content (AvgIpc) is 2.90. The van der Waals surface area contributed by atoms with Gasteiger partial charge in [0.1, 0.15) is 17.9 Å². The average molecular weight is 492 g/mol. The second kappa shape index (κ2) is 10.9. The van der Waals surface area contributed by atoms with Gasteiger partial charge in [-0.1, -0.05) is 11.6 Å². The third-order valence-electron chi connectivity index (χ3n) is 6.07. The lowest BCUT2D eigenvalue weighted by atomic mass is 10.1. The Labute approximate surface area is 209 Å². The molecule has 2 saturated heterocycles. The fraction of sp³-hybridized carbons (Fsp3) is 0.346. The van der Waals surface area contributed by atoms with Crippen LogP contribution >= 0.6 is 11.6 Å². The van der Waals surface area contributed by atoms with Crippen LogP contribution in [0.15, 0.2) is 48.7 Å². The minimum Gasteiger partial charge on any atom is -0.489 e. The molecule has 1 aromatic heterocycles. The molecule has 180 valence electrons. The van der Waals surface area contributed by atoms with E-state index in [4.69, 9.17) is 25.8 Å². The van der Waals surface area contributed by atoms with E-state index < -0.39 is 0 Å². The molecule has 8 nitrogen and oxygen atoms in total. The summed E-state index contributed by atoms with van der Waals surface area (Å²) in [6.07, 6.45) is 3.40.